The molecule has 0 aliphatic carbocycles. The van der Waals surface area contributed by atoms with Crippen molar-refractivity contribution < 1.29 is 14.3 Å². The van der Waals surface area contributed by atoms with E-state index in [1.54, 1.807) is 13.3 Å². The lowest BCUT2D eigenvalue weighted by atomic mass is 10.2. The number of halogens is 1. The molecule has 2 unspecified atom stereocenters. The summed E-state index contributed by atoms with van der Waals surface area (Å²) >= 11 is 6.05. The predicted octanol–water partition coefficient (Wildman–Crippen LogP) is 1.85. The number of hydrogen-bond donors (Lipinski definition) is 3. The summed E-state index contributed by atoms with van der Waals surface area (Å²) in [6, 6.07) is 15.5. The fraction of sp³-hybridized carbons (Fsp3) is 0.300. The van der Waals surface area contributed by atoms with Gasteiger partial charge in [-0.15, -0.1) is 11.6 Å². The van der Waals surface area contributed by atoms with Gasteiger partial charge in [0.05, 0.1) is 26.0 Å². The lowest BCUT2D eigenvalue weighted by Gasteiger charge is -2.26. The molecule has 3 rings (SSSR count). The van der Waals surface area contributed by atoms with Crippen LogP contribution in [-0.2, 0) is 11.2 Å². The molecule has 0 aromatic heterocycles. The highest BCUT2D eigenvalue weighted by atomic mass is 35.5. The van der Waals surface area contributed by atoms with Gasteiger partial charge in [-0.2, -0.15) is 5.10 Å². The van der Waals surface area contributed by atoms with E-state index in [0.717, 1.165) is 12.0 Å². The summed E-state index contributed by atoms with van der Waals surface area (Å²) in [6.07, 6.45) is 2.46. The number of alkyl halides is 1. The zero-order chi connectivity index (χ0) is 19.8. The minimum absolute atomic E-state index is 0.278. The van der Waals surface area contributed by atoms with Crippen LogP contribution in [0.25, 0.3) is 0 Å². The number of ether oxygens (including phenoxy) is 2. The zero-order valence-corrected chi connectivity index (χ0v) is 16.3. The van der Waals surface area contributed by atoms with Gasteiger partial charge in [0.25, 0.3) is 5.91 Å². The smallest absolute Gasteiger partial charge is 0.254 e. The van der Waals surface area contributed by atoms with Crippen molar-refractivity contribution in [2.24, 2.45) is 5.10 Å². The van der Waals surface area contributed by atoms with Gasteiger partial charge >= 0.3 is 0 Å². The number of hydrogen-bond acceptors (Lipinski definition) is 6. The van der Waals surface area contributed by atoms with Crippen molar-refractivity contribution >= 4 is 23.7 Å². The SMILES string of the molecule is COc1cc(/C=N\NC2CNNC(=O)C2Cl)ccc1OCCc1ccccc1. The van der Waals surface area contributed by atoms with Crippen LogP contribution in [0.5, 0.6) is 11.5 Å². The summed E-state index contributed by atoms with van der Waals surface area (Å²) in [5.74, 6) is 1.03. The maximum Gasteiger partial charge on any atom is 0.254 e. The first-order valence-corrected chi connectivity index (χ1v) is 9.41. The van der Waals surface area contributed by atoms with E-state index in [1.165, 1.54) is 5.56 Å². The summed E-state index contributed by atoms with van der Waals surface area (Å²) in [4.78, 5) is 11.5. The molecule has 1 amide bonds. The number of hydrazine groups is 1. The first-order chi connectivity index (χ1) is 13.7. The van der Waals surface area contributed by atoms with Crippen LogP contribution in [0.2, 0.25) is 0 Å². The number of hydrazone groups is 1. The number of nitrogens with zero attached hydrogens (tertiary/aromatic N) is 1. The standard InChI is InChI=1S/C20H23ClN4O3/c1-27-18-11-15(12-22-24-16-13-23-25-20(26)19(16)21)7-8-17(18)28-10-9-14-5-3-2-4-6-14/h2-8,11-12,16,19,23-24H,9-10,13H2,1H3,(H,25,26)/b22-12-. The van der Waals surface area contributed by atoms with Crippen LogP contribution in [0.1, 0.15) is 11.1 Å². The van der Waals surface area contributed by atoms with Crippen molar-refractivity contribution in [2.75, 3.05) is 20.3 Å². The third kappa shape index (κ3) is 5.37. The van der Waals surface area contributed by atoms with E-state index in [1.807, 2.05) is 36.4 Å². The molecule has 2 aromatic carbocycles. The lowest BCUT2D eigenvalue weighted by molar-refractivity contribution is -0.123. The quantitative estimate of drug-likeness (QED) is 0.356. The number of nitrogens with one attached hydrogen (secondary N) is 3. The highest BCUT2D eigenvalue weighted by Crippen LogP contribution is 2.27. The Balaban J connectivity index is 1.55. The number of methoxy groups -OCH3 is 1. The molecule has 3 N–H and O–H groups in total. The Hall–Kier alpha value is -2.77. The maximum atomic E-state index is 11.5. The van der Waals surface area contributed by atoms with Gasteiger partial charge in [-0.1, -0.05) is 30.3 Å². The first kappa shape index (κ1) is 20.0. The van der Waals surface area contributed by atoms with E-state index in [4.69, 9.17) is 21.1 Å². The van der Waals surface area contributed by atoms with E-state index < -0.39 is 5.38 Å². The Morgan fingerprint density at radius 3 is 2.86 bits per heavy atom. The van der Waals surface area contributed by atoms with Crippen molar-refractivity contribution in [2.45, 2.75) is 17.8 Å². The van der Waals surface area contributed by atoms with Crippen LogP contribution in [-0.4, -0.2) is 43.8 Å². The second kappa shape index (κ2) is 9.96. The Morgan fingerprint density at radius 1 is 1.25 bits per heavy atom. The Labute approximate surface area is 169 Å². The van der Waals surface area contributed by atoms with Gasteiger partial charge in [-0.3, -0.25) is 10.2 Å². The predicted molar refractivity (Wildman–Crippen MR) is 109 cm³/mol. The van der Waals surface area contributed by atoms with Crippen molar-refractivity contribution in [1.29, 1.82) is 0 Å². The molecule has 1 fully saturated rings. The molecule has 0 saturated carbocycles. The summed E-state index contributed by atoms with van der Waals surface area (Å²) in [5, 5.41) is 3.49. The Morgan fingerprint density at radius 2 is 2.07 bits per heavy atom. The van der Waals surface area contributed by atoms with Crippen LogP contribution in [0.3, 0.4) is 0 Å². The topological polar surface area (TPSA) is 84.0 Å². The van der Waals surface area contributed by atoms with Gasteiger partial charge in [0, 0.05) is 13.0 Å². The molecule has 0 bridgehead atoms. The molecule has 1 aliphatic rings. The van der Waals surface area contributed by atoms with Crippen molar-refractivity contribution in [3.63, 3.8) is 0 Å². The molecule has 2 atom stereocenters. The number of carbonyl (C=O) groups is 1. The van der Waals surface area contributed by atoms with Crippen LogP contribution < -0.4 is 25.8 Å². The second-order valence-electron chi connectivity index (χ2n) is 6.26. The molecular formula is C20H23ClN4O3. The molecule has 1 heterocycles. The van der Waals surface area contributed by atoms with E-state index in [9.17, 15) is 4.79 Å². The van der Waals surface area contributed by atoms with Crippen LogP contribution in [0.4, 0.5) is 0 Å². The van der Waals surface area contributed by atoms with E-state index in [-0.39, 0.29) is 11.9 Å². The van der Waals surface area contributed by atoms with E-state index in [0.29, 0.717) is 24.7 Å². The molecule has 7 nitrogen and oxygen atoms in total. The number of carbonyl (C=O) groups excluding carboxylic acids is 1. The molecule has 28 heavy (non-hydrogen) atoms. The highest BCUT2D eigenvalue weighted by Gasteiger charge is 2.29. The number of benzene rings is 2. The molecule has 1 aliphatic heterocycles. The van der Waals surface area contributed by atoms with E-state index in [2.05, 4.69) is 33.5 Å². The van der Waals surface area contributed by atoms with Crippen molar-refractivity contribution in [3.05, 3.63) is 59.7 Å². The van der Waals surface area contributed by atoms with Gasteiger partial charge in [0.2, 0.25) is 0 Å². The molecule has 148 valence electrons. The third-order valence-electron chi connectivity index (χ3n) is 4.27. The Kier molecular flexibility index (Phi) is 7.11. The minimum Gasteiger partial charge on any atom is -0.493 e. The summed E-state index contributed by atoms with van der Waals surface area (Å²) in [6.45, 7) is 1.04. The number of rotatable bonds is 8. The lowest BCUT2D eigenvalue weighted by Crippen LogP contribution is -2.59. The molecular weight excluding hydrogens is 380 g/mol. The van der Waals surface area contributed by atoms with Crippen molar-refractivity contribution in [3.8, 4) is 11.5 Å². The zero-order valence-electron chi connectivity index (χ0n) is 15.5. The van der Waals surface area contributed by atoms with Crippen LogP contribution in [0.15, 0.2) is 53.6 Å². The van der Waals surface area contributed by atoms with Gasteiger partial charge in [0.1, 0.15) is 5.38 Å². The van der Waals surface area contributed by atoms with Gasteiger partial charge < -0.3 is 14.9 Å². The normalized spacial score (nSPS) is 19.3. The molecule has 1 saturated heterocycles. The summed E-state index contributed by atoms with van der Waals surface area (Å²) < 4.78 is 11.3. The molecule has 0 radical (unpaired) electrons. The monoisotopic (exact) mass is 402 g/mol. The molecule has 8 heteroatoms. The van der Waals surface area contributed by atoms with Crippen molar-refractivity contribution in [1.82, 2.24) is 16.3 Å². The van der Waals surface area contributed by atoms with Gasteiger partial charge in [-0.25, -0.2) is 5.43 Å². The first-order valence-electron chi connectivity index (χ1n) is 8.97. The highest BCUT2D eigenvalue weighted by molar-refractivity contribution is 6.31. The third-order valence-corrected chi connectivity index (χ3v) is 4.77. The Bertz CT molecular complexity index is 816. The average Bonchev–Trinajstić information content (AvgIpc) is 2.72. The molecule has 2 aromatic rings. The maximum absolute atomic E-state index is 11.5. The summed E-state index contributed by atoms with van der Waals surface area (Å²) in [7, 11) is 1.60. The van der Waals surface area contributed by atoms with E-state index >= 15 is 0 Å². The van der Waals surface area contributed by atoms with Gasteiger partial charge in [-0.05, 0) is 29.3 Å². The largest absolute Gasteiger partial charge is 0.493 e. The fourth-order valence-corrected chi connectivity index (χ4v) is 2.93. The number of amides is 1. The summed E-state index contributed by atoms with van der Waals surface area (Å²) in [5.41, 5.74) is 10.2. The van der Waals surface area contributed by atoms with Gasteiger partial charge in [0.15, 0.2) is 11.5 Å². The minimum atomic E-state index is -0.687. The molecule has 0 spiro atoms. The van der Waals surface area contributed by atoms with Crippen LogP contribution in [0, 0.1) is 0 Å². The van der Waals surface area contributed by atoms with Crippen LogP contribution >= 0.6 is 11.6 Å². The second-order valence-corrected chi connectivity index (χ2v) is 6.73. The fourth-order valence-electron chi connectivity index (χ4n) is 2.73. The average molecular weight is 403 g/mol.